The number of nitrogens with two attached hydrogens (primary N) is 1. The fourth-order valence-corrected chi connectivity index (χ4v) is 5.25. The third-order valence-electron chi connectivity index (χ3n) is 7.70. The largest absolute Gasteiger partial charge is 0.487 e. The second-order valence-corrected chi connectivity index (χ2v) is 10.5. The van der Waals surface area contributed by atoms with Crippen molar-refractivity contribution in [2.24, 2.45) is 7.05 Å². The molecule has 1 saturated heterocycles. The Morgan fingerprint density at radius 3 is 2.50 bits per heavy atom. The Hall–Kier alpha value is -5.29. The molecule has 5 aromatic rings. The van der Waals surface area contributed by atoms with E-state index in [2.05, 4.69) is 15.3 Å². The molecule has 0 unspecified atom stereocenters. The molecule has 2 aromatic heterocycles. The topological polar surface area (TPSA) is 126 Å². The summed E-state index contributed by atoms with van der Waals surface area (Å²) in [6.07, 6.45) is 2.70. The quantitative estimate of drug-likeness (QED) is 0.267. The van der Waals surface area contributed by atoms with Gasteiger partial charge in [-0.25, -0.2) is 19.0 Å². The predicted octanol–water partition coefficient (Wildman–Crippen LogP) is 5.14. The molecule has 224 valence electrons. The highest BCUT2D eigenvalue weighted by Gasteiger charge is 2.23. The van der Waals surface area contributed by atoms with E-state index < -0.39 is 17.3 Å². The SMILES string of the molecule is Cc1c(C(=O)Nc2ccc(-c3nc(-c4cccc(OC5CCOCC5)c4F)cnc3N)cc2)c(=O)n(-c2ccccc2)n1C. The lowest BCUT2D eigenvalue weighted by molar-refractivity contribution is 0.0241. The highest BCUT2D eigenvalue weighted by atomic mass is 19.1. The van der Waals surface area contributed by atoms with Gasteiger partial charge in [-0.05, 0) is 43.3 Å². The van der Waals surface area contributed by atoms with Gasteiger partial charge in [0.05, 0.1) is 36.5 Å². The average molecular weight is 595 g/mol. The van der Waals surface area contributed by atoms with Crippen molar-refractivity contribution in [1.29, 1.82) is 0 Å². The summed E-state index contributed by atoms with van der Waals surface area (Å²) in [6.45, 7) is 2.89. The number of aromatic nitrogens is 4. The number of para-hydroxylation sites is 1. The molecule has 1 aliphatic heterocycles. The van der Waals surface area contributed by atoms with Crippen molar-refractivity contribution in [3.05, 3.63) is 106 Å². The number of nitrogen functional groups attached to an aromatic ring is 1. The normalized spacial score (nSPS) is 13.5. The van der Waals surface area contributed by atoms with Gasteiger partial charge < -0.3 is 20.5 Å². The van der Waals surface area contributed by atoms with Crippen LogP contribution in [0.3, 0.4) is 0 Å². The lowest BCUT2D eigenvalue weighted by Crippen LogP contribution is -2.26. The van der Waals surface area contributed by atoms with E-state index in [4.69, 9.17) is 15.2 Å². The molecule has 0 aliphatic carbocycles. The van der Waals surface area contributed by atoms with Crippen LogP contribution in [-0.4, -0.2) is 44.6 Å². The number of rotatable bonds is 7. The van der Waals surface area contributed by atoms with Crippen molar-refractivity contribution in [2.45, 2.75) is 25.9 Å². The summed E-state index contributed by atoms with van der Waals surface area (Å²) in [5.41, 5.74) is 8.99. The molecule has 3 heterocycles. The summed E-state index contributed by atoms with van der Waals surface area (Å²) in [5.74, 6) is -0.726. The molecule has 10 nitrogen and oxygen atoms in total. The van der Waals surface area contributed by atoms with Gasteiger partial charge in [-0.15, -0.1) is 0 Å². The van der Waals surface area contributed by atoms with Gasteiger partial charge in [-0.2, -0.15) is 0 Å². The molecule has 0 saturated carbocycles. The number of ether oxygens (including phenoxy) is 2. The number of anilines is 2. The maximum absolute atomic E-state index is 15.5. The molecule has 3 aromatic carbocycles. The molecule has 11 heteroatoms. The zero-order chi connectivity index (χ0) is 30.8. The van der Waals surface area contributed by atoms with E-state index in [9.17, 15) is 9.59 Å². The maximum Gasteiger partial charge on any atom is 0.284 e. The van der Waals surface area contributed by atoms with Crippen LogP contribution < -0.4 is 21.3 Å². The molecule has 1 fully saturated rings. The number of nitrogens with zero attached hydrogens (tertiary/aromatic N) is 4. The molecular formula is C33H31FN6O4. The molecule has 44 heavy (non-hydrogen) atoms. The zero-order valence-electron chi connectivity index (χ0n) is 24.3. The van der Waals surface area contributed by atoms with E-state index in [1.807, 2.05) is 18.2 Å². The van der Waals surface area contributed by atoms with E-state index >= 15 is 4.39 Å². The molecule has 3 N–H and O–H groups in total. The number of hydrogen-bond donors (Lipinski definition) is 2. The summed E-state index contributed by atoms with van der Waals surface area (Å²) >= 11 is 0. The number of carbonyl (C=O) groups excluding carboxylic acids is 1. The summed E-state index contributed by atoms with van der Waals surface area (Å²) in [5, 5.41) is 2.81. The first-order valence-corrected chi connectivity index (χ1v) is 14.2. The lowest BCUT2D eigenvalue weighted by Gasteiger charge is -2.23. The van der Waals surface area contributed by atoms with Gasteiger partial charge in [-0.1, -0.05) is 36.4 Å². The molecular weight excluding hydrogens is 563 g/mol. The van der Waals surface area contributed by atoms with Gasteiger partial charge in [-0.3, -0.25) is 14.3 Å². The monoisotopic (exact) mass is 594 g/mol. The average Bonchev–Trinajstić information content (AvgIpc) is 3.27. The van der Waals surface area contributed by atoms with E-state index in [0.717, 1.165) is 0 Å². The van der Waals surface area contributed by atoms with Gasteiger partial charge in [0, 0.05) is 36.7 Å². The first-order chi connectivity index (χ1) is 21.3. The van der Waals surface area contributed by atoms with Gasteiger partial charge in [0.25, 0.3) is 11.5 Å². The van der Waals surface area contributed by atoms with Crippen molar-refractivity contribution in [2.75, 3.05) is 24.3 Å². The number of carbonyl (C=O) groups is 1. The van der Waals surface area contributed by atoms with Crippen LogP contribution in [0.15, 0.2) is 83.8 Å². The van der Waals surface area contributed by atoms with Crippen LogP contribution in [0, 0.1) is 12.7 Å². The standard InChI is InChI=1S/C33H31FN6O4/c1-20-28(33(42)40(39(20)2)23-7-4-3-5-8-23)32(41)37-22-13-11-21(12-14-22)30-31(35)36-19-26(38-30)25-9-6-10-27(29(25)34)44-24-15-17-43-18-16-24/h3-14,19,24H,15-18H2,1-2H3,(H2,35,36)(H,37,41). The Morgan fingerprint density at radius 1 is 1.05 bits per heavy atom. The van der Waals surface area contributed by atoms with Crippen LogP contribution in [0.1, 0.15) is 28.9 Å². The van der Waals surface area contributed by atoms with Crippen LogP contribution in [0.2, 0.25) is 0 Å². The molecule has 0 spiro atoms. The maximum atomic E-state index is 15.5. The number of halogens is 1. The Morgan fingerprint density at radius 2 is 1.77 bits per heavy atom. The van der Waals surface area contributed by atoms with E-state index in [0.29, 0.717) is 60.1 Å². The van der Waals surface area contributed by atoms with Crippen LogP contribution in [0.5, 0.6) is 5.75 Å². The first kappa shape index (κ1) is 28.8. The van der Waals surface area contributed by atoms with Gasteiger partial charge in [0.1, 0.15) is 23.2 Å². The smallest absolute Gasteiger partial charge is 0.284 e. The third kappa shape index (κ3) is 5.57. The minimum atomic E-state index is -0.524. The second-order valence-electron chi connectivity index (χ2n) is 10.5. The van der Waals surface area contributed by atoms with Gasteiger partial charge in [0.15, 0.2) is 11.6 Å². The fraction of sp³-hybridized carbons (Fsp3) is 0.212. The van der Waals surface area contributed by atoms with Gasteiger partial charge >= 0.3 is 0 Å². The Kier molecular flexibility index (Phi) is 7.95. The van der Waals surface area contributed by atoms with E-state index in [1.165, 1.54) is 10.9 Å². The Balaban J connectivity index is 1.23. The summed E-state index contributed by atoms with van der Waals surface area (Å²) in [4.78, 5) is 35.3. The lowest BCUT2D eigenvalue weighted by atomic mass is 10.1. The number of hydrogen-bond acceptors (Lipinski definition) is 7. The van der Waals surface area contributed by atoms with Crippen molar-refractivity contribution >= 4 is 17.4 Å². The first-order valence-electron chi connectivity index (χ1n) is 14.2. The van der Waals surface area contributed by atoms with Crippen LogP contribution in [0.25, 0.3) is 28.2 Å². The van der Waals surface area contributed by atoms with Crippen molar-refractivity contribution < 1.29 is 18.7 Å². The molecule has 1 aliphatic rings. The summed E-state index contributed by atoms with van der Waals surface area (Å²) in [6, 6.07) is 20.9. The second kappa shape index (κ2) is 12.1. The van der Waals surface area contributed by atoms with Gasteiger partial charge in [0.2, 0.25) is 0 Å². The van der Waals surface area contributed by atoms with E-state index in [-0.39, 0.29) is 28.8 Å². The van der Waals surface area contributed by atoms with Crippen LogP contribution in [0.4, 0.5) is 15.9 Å². The minimum absolute atomic E-state index is 0.0494. The Bertz CT molecular complexity index is 1880. The predicted molar refractivity (Wildman–Crippen MR) is 165 cm³/mol. The van der Waals surface area contributed by atoms with E-state index in [1.54, 1.807) is 73.3 Å². The van der Waals surface area contributed by atoms with Crippen LogP contribution in [-0.2, 0) is 11.8 Å². The molecule has 6 rings (SSSR count). The highest BCUT2D eigenvalue weighted by Crippen LogP contribution is 2.32. The van der Waals surface area contributed by atoms with Crippen LogP contribution >= 0.6 is 0 Å². The number of benzene rings is 3. The number of amides is 1. The molecule has 0 atom stereocenters. The molecule has 1 amide bonds. The highest BCUT2D eigenvalue weighted by molar-refractivity contribution is 6.05. The van der Waals surface area contributed by atoms with Crippen molar-refractivity contribution in [1.82, 2.24) is 19.3 Å². The Labute approximate surface area is 252 Å². The minimum Gasteiger partial charge on any atom is -0.487 e. The fourth-order valence-electron chi connectivity index (χ4n) is 5.25. The third-order valence-corrected chi connectivity index (χ3v) is 7.70. The van der Waals surface area contributed by atoms with Crippen molar-refractivity contribution in [3.8, 4) is 34.0 Å². The van der Waals surface area contributed by atoms with Crippen molar-refractivity contribution in [3.63, 3.8) is 0 Å². The molecule has 0 radical (unpaired) electrons. The summed E-state index contributed by atoms with van der Waals surface area (Å²) < 4.78 is 29.9. The molecule has 0 bridgehead atoms. The zero-order valence-corrected chi connectivity index (χ0v) is 24.3. The number of nitrogens with one attached hydrogen (secondary N) is 1. The summed E-state index contributed by atoms with van der Waals surface area (Å²) in [7, 11) is 1.73.